The third kappa shape index (κ3) is 9.27. The lowest BCUT2D eigenvalue weighted by Gasteiger charge is -2.36. The Labute approximate surface area is 264 Å². The number of rotatable bonds is 10. The van der Waals surface area contributed by atoms with Crippen molar-refractivity contribution < 1.29 is 18.8 Å². The first-order valence-electron chi connectivity index (χ1n) is 15.7. The van der Waals surface area contributed by atoms with Crippen molar-refractivity contribution in [1.82, 2.24) is 4.90 Å². The van der Waals surface area contributed by atoms with Gasteiger partial charge in [-0.05, 0) is 97.9 Å². The van der Waals surface area contributed by atoms with E-state index in [9.17, 15) is 9.59 Å². The molecule has 0 radical (unpaired) electrons. The fourth-order valence-corrected chi connectivity index (χ4v) is 5.95. The van der Waals surface area contributed by atoms with Gasteiger partial charge in [-0.15, -0.1) is 0 Å². The highest BCUT2D eigenvalue weighted by Crippen LogP contribution is 2.37. The van der Waals surface area contributed by atoms with E-state index in [0.717, 1.165) is 59.4 Å². The number of hydrogen-bond donors (Lipinski definition) is 2. The molecule has 0 aliphatic carbocycles. The van der Waals surface area contributed by atoms with Crippen molar-refractivity contribution in [3.63, 3.8) is 0 Å². The molecule has 0 bridgehead atoms. The maximum absolute atomic E-state index is 12.9. The average molecular weight is 616 g/mol. The number of carbonyl (C=O) groups excluding carboxylic acids is 2. The first-order valence-corrected chi connectivity index (χ1v) is 18.6. The number of amides is 2. The molecule has 4 rings (SSSR count). The van der Waals surface area contributed by atoms with E-state index in [1.807, 2.05) is 60.7 Å². The van der Waals surface area contributed by atoms with Crippen LogP contribution in [-0.4, -0.2) is 51.5 Å². The lowest BCUT2D eigenvalue weighted by Crippen LogP contribution is -2.40. The number of benzene rings is 3. The monoisotopic (exact) mass is 615 g/mol. The summed E-state index contributed by atoms with van der Waals surface area (Å²) in [4.78, 5) is 27.9. The molecule has 0 atom stereocenters. The summed E-state index contributed by atoms with van der Waals surface area (Å²) >= 11 is 0. The Morgan fingerprint density at radius 2 is 1.66 bits per heavy atom. The second-order valence-electron chi connectivity index (χ2n) is 13.5. The Balaban J connectivity index is 1.36. The Bertz CT molecular complexity index is 1430. The summed E-state index contributed by atoms with van der Waals surface area (Å²) in [5.74, 6) is -0.0418. The zero-order valence-electron chi connectivity index (χ0n) is 27.5. The Hall–Kier alpha value is -3.46. The largest absolute Gasteiger partial charge is 0.446 e. The molecule has 236 valence electrons. The zero-order chi connectivity index (χ0) is 31.9. The van der Waals surface area contributed by atoms with Crippen LogP contribution in [0.4, 0.5) is 16.2 Å². The van der Waals surface area contributed by atoms with E-state index in [0.29, 0.717) is 25.1 Å². The minimum Gasteiger partial charge on any atom is -0.446 e. The Kier molecular flexibility index (Phi) is 11.1. The molecule has 44 heavy (non-hydrogen) atoms. The standard InChI is InChI=1S/C36H49N3O4Si/c1-26-23-30(16-15-29(26)25-42-44(6,7)36(2,3)4)37-34(40)18-14-27-13-17-33(32(24-27)28-11-9-8-10-12-28)38-35(41)43-31-19-21-39(5)22-20-31/h8-13,15-17,23-24,31H,14,18-22,25H2,1-7H3,(H,37,40)(H,38,41). The van der Waals surface area contributed by atoms with E-state index in [-0.39, 0.29) is 17.0 Å². The Morgan fingerprint density at radius 3 is 2.32 bits per heavy atom. The van der Waals surface area contributed by atoms with Gasteiger partial charge in [-0.25, -0.2) is 4.79 Å². The van der Waals surface area contributed by atoms with Crippen LogP contribution < -0.4 is 10.6 Å². The fraction of sp³-hybridized carbons (Fsp3) is 0.444. The van der Waals surface area contributed by atoms with Crippen molar-refractivity contribution in [3.05, 3.63) is 83.4 Å². The highest BCUT2D eigenvalue weighted by molar-refractivity contribution is 6.74. The van der Waals surface area contributed by atoms with Crippen molar-refractivity contribution in [3.8, 4) is 11.1 Å². The number of carbonyl (C=O) groups is 2. The van der Waals surface area contributed by atoms with Gasteiger partial charge in [0.2, 0.25) is 5.91 Å². The molecule has 2 N–H and O–H groups in total. The van der Waals surface area contributed by atoms with Gasteiger partial charge in [0.15, 0.2) is 8.32 Å². The van der Waals surface area contributed by atoms with Crippen LogP contribution in [0.2, 0.25) is 18.1 Å². The SMILES string of the molecule is Cc1cc(NC(=O)CCc2ccc(NC(=O)OC3CCN(C)CC3)c(-c3ccccc3)c2)ccc1CO[Si](C)(C)C(C)(C)C. The van der Waals surface area contributed by atoms with Gasteiger partial charge in [-0.2, -0.15) is 0 Å². The molecule has 1 saturated heterocycles. The molecule has 1 aliphatic heterocycles. The van der Waals surface area contributed by atoms with Gasteiger partial charge < -0.3 is 19.4 Å². The van der Waals surface area contributed by atoms with E-state index in [4.69, 9.17) is 9.16 Å². The highest BCUT2D eigenvalue weighted by Gasteiger charge is 2.37. The summed E-state index contributed by atoms with van der Waals surface area (Å²) in [6, 6.07) is 21.9. The number of hydrogen-bond acceptors (Lipinski definition) is 5. The van der Waals surface area contributed by atoms with Gasteiger partial charge in [0.05, 0.1) is 12.3 Å². The predicted molar refractivity (Wildman–Crippen MR) is 183 cm³/mol. The lowest BCUT2D eigenvalue weighted by atomic mass is 9.98. The van der Waals surface area contributed by atoms with Gasteiger partial charge in [0, 0.05) is 30.8 Å². The molecule has 0 saturated carbocycles. The van der Waals surface area contributed by atoms with Crippen molar-refractivity contribution in [2.24, 2.45) is 0 Å². The zero-order valence-corrected chi connectivity index (χ0v) is 28.5. The minimum absolute atomic E-state index is 0.0418. The average Bonchev–Trinajstić information content (AvgIpc) is 2.97. The fourth-order valence-electron chi connectivity index (χ4n) is 5.00. The van der Waals surface area contributed by atoms with Crippen LogP contribution in [0.3, 0.4) is 0 Å². The van der Waals surface area contributed by atoms with Crippen LogP contribution in [-0.2, 0) is 27.0 Å². The van der Waals surface area contributed by atoms with Crippen LogP contribution in [0.25, 0.3) is 11.1 Å². The van der Waals surface area contributed by atoms with E-state index >= 15 is 0 Å². The smallest absolute Gasteiger partial charge is 0.411 e. The Morgan fingerprint density at radius 1 is 0.955 bits per heavy atom. The maximum Gasteiger partial charge on any atom is 0.411 e. The van der Waals surface area contributed by atoms with Crippen molar-refractivity contribution in [2.45, 2.75) is 84.2 Å². The number of likely N-dealkylation sites (tertiary alicyclic amines) is 1. The molecule has 1 fully saturated rings. The summed E-state index contributed by atoms with van der Waals surface area (Å²) in [5, 5.41) is 6.18. The number of anilines is 2. The number of piperidine rings is 1. The maximum atomic E-state index is 12.9. The number of nitrogens with one attached hydrogen (secondary N) is 2. The number of nitrogens with zero attached hydrogens (tertiary/aromatic N) is 1. The first-order chi connectivity index (χ1) is 20.8. The van der Waals surface area contributed by atoms with Gasteiger partial charge in [0.25, 0.3) is 0 Å². The van der Waals surface area contributed by atoms with E-state index in [2.05, 4.69) is 69.4 Å². The lowest BCUT2D eigenvalue weighted by molar-refractivity contribution is -0.116. The van der Waals surface area contributed by atoms with Crippen LogP contribution >= 0.6 is 0 Å². The van der Waals surface area contributed by atoms with Crippen LogP contribution in [0, 0.1) is 6.92 Å². The quantitative estimate of drug-likeness (QED) is 0.224. The van der Waals surface area contributed by atoms with Crippen LogP contribution in [0.1, 0.15) is 56.7 Å². The summed E-state index contributed by atoms with van der Waals surface area (Å²) in [6.45, 7) is 15.7. The normalized spacial score (nSPS) is 14.7. The molecule has 3 aromatic rings. The van der Waals surface area contributed by atoms with Crippen molar-refractivity contribution >= 4 is 31.7 Å². The first kappa shape index (κ1) is 33.4. The second-order valence-corrected chi connectivity index (χ2v) is 18.3. The van der Waals surface area contributed by atoms with E-state index in [1.54, 1.807) is 0 Å². The summed E-state index contributed by atoms with van der Waals surface area (Å²) < 4.78 is 12.1. The van der Waals surface area contributed by atoms with Crippen LogP contribution in [0.5, 0.6) is 0 Å². The van der Waals surface area contributed by atoms with E-state index < -0.39 is 14.4 Å². The van der Waals surface area contributed by atoms with Gasteiger partial charge in [-0.3, -0.25) is 10.1 Å². The molecule has 3 aromatic carbocycles. The molecule has 2 amide bonds. The molecular weight excluding hydrogens is 566 g/mol. The predicted octanol–water partition coefficient (Wildman–Crippen LogP) is 8.40. The third-order valence-corrected chi connectivity index (χ3v) is 13.5. The summed E-state index contributed by atoms with van der Waals surface area (Å²) in [6.07, 6.45) is 2.09. The minimum atomic E-state index is -1.84. The summed E-state index contributed by atoms with van der Waals surface area (Å²) in [7, 11) is 0.242. The number of ether oxygens (including phenoxy) is 1. The summed E-state index contributed by atoms with van der Waals surface area (Å²) in [5.41, 5.74) is 6.63. The molecule has 0 spiro atoms. The van der Waals surface area contributed by atoms with Crippen molar-refractivity contribution in [1.29, 1.82) is 0 Å². The highest BCUT2D eigenvalue weighted by atomic mass is 28.4. The molecule has 0 aromatic heterocycles. The van der Waals surface area contributed by atoms with Gasteiger partial charge >= 0.3 is 6.09 Å². The molecule has 7 nitrogen and oxygen atoms in total. The second kappa shape index (κ2) is 14.5. The molecular formula is C36H49N3O4Si. The van der Waals surface area contributed by atoms with Crippen LogP contribution in [0.15, 0.2) is 66.7 Å². The number of aryl methyl sites for hydroxylation is 2. The molecule has 0 unspecified atom stereocenters. The molecule has 1 heterocycles. The molecule has 1 aliphatic rings. The van der Waals surface area contributed by atoms with Gasteiger partial charge in [-0.1, -0.05) is 63.2 Å². The third-order valence-electron chi connectivity index (χ3n) is 9.01. The molecule has 8 heteroatoms. The van der Waals surface area contributed by atoms with E-state index in [1.165, 1.54) is 0 Å². The van der Waals surface area contributed by atoms with Gasteiger partial charge in [0.1, 0.15) is 6.10 Å². The van der Waals surface area contributed by atoms with Crippen molar-refractivity contribution in [2.75, 3.05) is 30.8 Å². The topological polar surface area (TPSA) is 79.9 Å².